The number of hydrogen-bond acceptors (Lipinski definition) is 12. The third-order valence-corrected chi connectivity index (χ3v) is 11.3. The van der Waals surface area contributed by atoms with Gasteiger partial charge in [0.25, 0.3) is 0 Å². The van der Waals surface area contributed by atoms with E-state index in [1.54, 1.807) is 57.6 Å². The quantitative estimate of drug-likeness (QED) is 0.0517. The van der Waals surface area contributed by atoms with Crippen molar-refractivity contribution in [1.29, 1.82) is 0 Å². The number of aryl methyl sites for hydroxylation is 1. The molecule has 0 radical (unpaired) electrons. The highest BCUT2D eigenvalue weighted by Gasteiger charge is 2.36. The maximum atomic E-state index is 15.4. The van der Waals surface area contributed by atoms with Crippen LogP contribution >= 0.6 is 0 Å². The van der Waals surface area contributed by atoms with Gasteiger partial charge in [0.1, 0.15) is 36.5 Å². The third-order valence-electron chi connectivity index (χ3n) is 11.3. The maximum Gasteiger partial charge on any atom is 0.410 e. The van der Waals surface area contributed by atoms with E-state index in [0.29, 0.717) is 54.9 Å². The van der Waals surface area contributed by atoms with Crippen LogP contribution in [0.2, 0.25) is 0 Å². The summed E-state index contributed by atoms with van der Waals surface area (Å²) in [5, 5.41) is 38.2. The van der Waals surface area contributed by atoms with Crippen molar-refractivity contribution in [2.75, 3.05) is 42.9 Å². The first-order chi connectivity index (χ1) is 30.9. The molecular weight excluding hydrogens is 832 g/mol. The first-order valence-electron chi connectivity index (χ1n) is 21.1. The van der Waals surface area contributed by atoms with Crippen molar-refractivity contribution in [1.82, 2.24) is 35.1 Å². The number of nitrogens with zero attached hydrogens (tertiary/aromatic N) is 6. The first-order valence-corrected chi connectivity index (χ1v) is 21.1. The second kappa shape index (κ2) is 20.3. The second-order valence-corrected chi connectivity index (χ2v) is 15.7. The number of anilines is 2. The molecule has 7 rings (SSSR count). The molecule has 0 spiro atoms. The Morgan fingerprint density at radius 3 is 2.33 bits per heavy atom. The molecular formula is C44H51FN10O9. The van der Waals surface area contributed by atoms with Gasteiger partial charge >= 0.3 is 24.2 Å². The molecule has 4 amide bonds. The van der Waals surface area contributed by atoms with E-state index in [2.05, 4.69) is 26.3 Å². The number of urea groups is 1. The number of piperazine rings is 1. The summed E-state index contributed by atoms with van der Waals surface area (Å²) in [5.74, 6) is -1.88. The summed E-state index contributed by atoms with van der Waals surface area (Å²) in [6.07, 6.45) is 3.30. The predicted molar refractivity (Wildman–Crippen MR) is 232 cm³/mol. The smallest absolute Gasteiger partial charge is 0.410 e. The molecule has 338 valence electrons. The number of carboxylic acids is 1. The highest BCUT2D eigenvalue weighted by molar-refractivity contribution is 5.93. The third kappa shape index (κ3) is 11.0. The Kier molecular flexibility index (Phi) is 14.2. The molecule has 3 heterocycles. The maximum absolute atomic E-state index is 15.4. The van der Waals surface area contributed by atoms with Gasteiger partial charge in [0.05, 0.1) is 29.5 Å². The number of rotatable bonds is 18. The van der Waals surface area contributed by atoms with Crippen LogP contribution in [0.15, 0.2) is 83.9 Å². The van der Waals surface area contributed by atoms with Gasteiger partial charge < -0.3 is 55.7 Å². The van der Waals surface area contributed by atoms with Gasteiger partial charge in [0, 0.05) is 56.5 Å². The Balaban J connectivity index is 0.928. The summed E-state index contributed by atoms with van der Waals surface area (Å²) in [5.41, 5.74) is 7.37. The molecule has 3 aromatic carbocycles. The van der Waals surface area contributed by atoms with Gasteiger partial charge in [-0.3, -0.25) is 4.79 Å². The van der Waals surface area contributed by atoms with Crippen LogP contribution < -0.4 is 32.0 Å². The van der Waals surface area contributed by atoms with Crippen LogP contribution in [-0.2, 0) is 29.2 Å². The predicted octanol–water partition coefficient (Wildman–Crippen LogP) is 4.71. The number of benzene rings is 3. The minimum atomic E-state index is -1.38. The monoisotopic (exact) mass is 882 g/mol. The number of nitrogens with two attached hydrogens (primary N) is 1. The zero-order valence-corrected chi connectivity index (χ0v) is 35.2. The number of carbonyl (C=O) groups is 4. The van der Waals surface area contributed by atoms with E-state index >= 15 is 4.39 Å². The van der Waals surface area contributed by atoms with Crippen LogP contribution in [0, 0.1) is 11.7 Å². The number of alkyl carbamates (subject to hydrolysis) is 1. The van der Waals surface area contributed by atoms with Gasteiger partial charge in [-0.05, 0) is 73.9 Å². The summed E-state index contributed by atoms with van der Waals surface area (Å²) < 4.78 is 29.6. The zero-order chi connectivity index (χ0) is 45.3. The highest BCUT2D eigenvalue weighted by atomic mass is 19.1. The van der Waals surface area contributed by atoms with Gasteiger partial charge in [-0.15, -0.1) is 5.10 Å². The molecule has 0 bridgehead atoms. The number of carbonyl (C=O) groups excluding carboxylic acids is 3. The molecule has 3 atom stereocenters. The minimum absolute atomic E-state index is 0.0189. The van der Waals surface area contributed by atoms with E-state index in [1.807, 2.05) is 30.3 Å². The van der Waals surface area contributed by atoms with Crippen molar-refractivity contribution >= 4 is 46.5 Å². The number of primary amides is 1. The van der Waals surface area contributed by atoms with Gasteiger partial charge in [-0.1, -0.05) is 47.7 Å². The van der Waals surface area contributed by atoms with Crippen LogP contribution in [-0.4, -0.2) is 97.8 Å². The fraction of sp³-hybridized carbons (Fsp3) is 0.386. The molecule has 2 aromatic heterocycles. The Morgan fingerprint density at radius 1 is 0.953 bits per heavy atom. The van der Waals surface area contributed by atoms with Gasteiger partial charge in [0.2, 0.25) is 5.43 Å². The van der Waals surface area contributed by atoms with Crippen molar-refractivity contribution in [3.63, 3.8) is 0 Å². The second-order valence-electron chi connectivity index (χ2n) is 15.7. The van der Waals surface area contributed by atoms with Crippen LogP contribution in [0.5, 0.6) is 0 Å². The van der Waals surface area contributed by atoms with Crippen molar-refractivity contribution in [3.05, 3.63) is 118 Å². The fourth-order valence-corrected chi connectivity index (χ4v) is 7.69. The van der Waals surface area contributed by atoms with Crippen molar-refractivity contribution in [2.45, 2.75) is 70.7 Å². The van der Waals surface area contributed by atoms with Gasteiger partial charge in [0.15, 0.2) is 0 Å². The molecule has 2 fully saturated rings. The Bertz CT molecular complexity index is 2510. The SMILES string of the molecule is CCn1cc(C(=O)O)c(=O)c2cc(F)c(N3CCN(C(=O)OCc4ccc(NC(O)[C@H](CCCNC(N)=O)n5cc([C@@H](NC(=O)OCc6ccccc6)C6CC6)nn5)cc4)CC3)cc21. The molecule has 5 aromatic rings. The summed E-state index contributed by atoms with van der Waals surface area (Å²) in [6, 6.07) is 17.2. The number of aromatic carboxylic acids is 1. The summed E-state index contributed by atoms with van der Waals surface area (Å²) in [4.78, 5) is 64.8. The number of aliphatic hydroxyl groups is 1. The number of aromatic nitrogens is 4. The van der Waals surface area contributed by atoms with E-state index in [0.717, 1.165) is 24.5 Å². The lowest BCUT2D eigenvalue weighted by Crippen LogP contribution is -2.49. The van der Waals surface area contributed by atoms with Gasteiger partial charge in [-0.2, -0.15) is 0 Å². The topological polar surface area (TPSA) is 248 Å². The molecule has 1 unspecified atom stereocenters. The Morgan fingerprint density at radius 2 is 1.66 bits per heavy atom. The number of fused-ring (bicyclic) bond motifs is 1. The van der Waals surface area contributed by atoms with E-state index < -0.39 is 59.3 Å². The summed E-state index contributed by atoms with van der Waals surface area (Å²) in [6.45, 7) is 3.62. The Labute approximate surface area is 366 Å². The van der Waals surface area contributed by atoms with E-state index in [9.17, 15) is 34.2 Å². The number of nitrogens with one attached hydrogen (secondary N) is 3. The minimum Gasteiger partial charge on any atom is -0.477 e. The highest BCUT2D eigenvalue weighted by Crippen LogP contribution is 2.40. The molecule has 64 heavy (non-hydrogen) atoms. The number of pyridine rings is 1. The number of halogens is 1. The molecule has 1 saturated carbocycles. The molecule has 1 saturated heterocycles. The number of carboxylic acid groups (broad SMARTS) is 1. The fourth-order valence-electron chi connectivity index (χ4n) is 7.69. The van der Waals surface area contributed by atoms with E-state index in [-0.39, 0.29) is 49.8 Å². The lowest BCUT2D eigenvalue weighted by Gasteiger charge is -2.35. The molecule has 19 nitrogen and oxygen atoms in total. The summed E-state index contributed by atoms with van der Waals surface area (Å²) >= 11 is 0. The number of ether oxygens (including phenoxy) is 2. The van der Waals surface area contributed by atoms with Crippen LogP contribution in [0.25, 0.3) is 10.9 Å². The van der Waals surface area contributed by atoms with Crippen LogP contribution in [0.3, 0.4) is 0 Å². The average Bonchev–Trinajstić information content (AvgIpc) is 4.03. The van der Waals surface area contributed by atoms with Crippen molar-refractivity contribution in [2.24, 2.45) is 11.7 Å². The average molecular weight is 883 g/mol. The van der Waals surface area contributed by atoms with E-state index in [1.165, 1.54) is 11.1 Å². The van der Waals surface area contributed by atoms with Crippen molar-refractivity contribution in [3.8, 4) is 0 Å². The van der Waals surface area contributed by atoms with E-state index in [4.69, 9.17) is 15.2 Å². The number of aliphatic hydroxyl groups excluding tert-OH is 1. The first kappa shape index (κ1) is 44.8. The molecule has 7 N–H and O–H groups in total. The van der Waals surface area contributed by atoms with Crippen molar-refractivity contribution < 1.29 is 43.3 Å². The standard InChI is InChI=1S/C44H51FN10O9/c1-2-52-23-32(41(58)59)39(56)31-21-33(45)37(22-36(31)52)53-17-19-54(20-18-53)44(62)64-26-28-10-14-30(15-11-28)48-40(57)35(9-6-16-47-42(46)60)55-24-34(50-51-55)38(29-12-13-29)49-43(61)63-25-27-7-4-3-5-8-27/h3-5,7-8,10-11,14-15,21-24,29,35,38,40,48,57H,2,6,9,12-13,16-20,25-26H2,1H3,(H,49,61)(H,58,59)(H3,46,47,60)/t35-,38-,40?/m0/s1. The molecule has 20 heteroatoms. The number of hydrogen-bond donors (Lipinski definition) is 6. The largest absolute Gasteiger partial charge is 0.477 e. The number of amides is 4. The van der Waals surface area contributed by atoms with Crippen LogP contribution in [0.1, 0.15) is 71.9 Å². The summed E-state index contributed by atoms with van der Waals surface area (Å²) in [7, 11) is 0. The van der Waals surface area contributed by atoms with Crippen LogP contribution in [0.4, 0.5) is 30.1 Å². The normalized spacial score (nSPS) is 15.2. The Hall–Kier alpha value is -7.22. The van der Waals surface area contributed by atoms with Gasteiger partial charge in [-0.25, -0.2) is 28.3 Å². The molecule has 1 aliphatic heterocycles. The molecule has 1 aliphatic carbocycles. The zero-order valence-electron chi connectivity index (χ0n) is 35.2. The molecule has 2 aliphatic rings. The lowest BCUT2D eigenvalue weighted by atomic mass is 10.1. The lowest BCUT2D eigenvalue weighted by molar-refractivity contribution is 0.0694.